The molecule has 0 unspecified atom stereocenters. The van der Waals surface area contributed by atoms with Crippen LogP contribution in [0.25, 0.3) is 0 Å². The van der Waals surface area contributed by atoms with E-state index in [2.05, 4.69) is 37.0 Å². The second kappa shape index (κ2) is 6.19. The molecule has 0 fully saturated rings. The van der Waals surface area contributed by atoms with Crippen LogP contribution < -0.4 is 0 Å². The number of hydrogen-bond acceptors (Lipinski definition) is 2. The molecule has 1 aromatic rings. The number of benzene rings is 1. The third-order valence-corrected chi connectivity index (χ3v) is 3.05. The van der Waals surface area contributed by atoms with Crippen LogP contribution in [0, 0.1) is 18.9 Å². The topological polar surface area (TPSA) is 32.7 Å². The van der Waals surface area contributed by atoms with E-state index in [4.69, 9.17) is 0 Å². The average Bonchev–Trinajstić information content (AvgIpc) is 2.42. The number of amides is 1. The van der Waals surface area contributed by atoms with Gasteiger partial charge in [-0.3, -0.25) is 4.79 Å². The van der Waals surface area contributed by atoms with Gasteiger partial charge in [-0.25, -0.2) is 0 Å². The number of hydrazone groups is 1. The van der Waals surface area contributed by atoms with Crippen LogP contribution in [0.3, 0.4) is 0 Å². The van der Waals surface area contributed by atoms with Crippen LogP contribution in [0.2, 0.25) is 0 Å². The Kier molecular flexibility index (Phi) is 4.35. The minimum atomic E-state index is -0.0130. The van der Waals surface area contributed by atoms with Crippen LogP contribution in [-0.2, 0) is 4.79 Å². The van der Waals surface area contributed by atoms with Crippen LogP contribution in [0.4, 0.5) is 0 Å². The smallest absolute Gasteiger partial charge is 0.255 e. The van der Waals surface area contributed by atoms with Gasteiger partial charge in [0.25, 0.3) is 5.91 Å². The minimum absolute atomic E-state index is 0.0130. The molecule has 0 saturated heterocycles. The van der Waals surface area contributed by atoms with Gasteiger partial charge in [0.05, 0.1) is 5.71 Å². The summed E-state index contributed by atoms with van der Waals surface area (Å²) in [5.41, 5.74) is 3.23. The van der Waals surface area contributed by atoms with Crippen molar-refractivity contribution in [3.8, 4) is 12.0 Å². The van der Waals surface area contributed by atoms with Crippen molar-refractivity contribution in [2.24, 2.45) is 5.10 Å². The predicted molar refractivity (Wildman–Crippen MR) is 76.5 cm³/mol. The molecule has 0 atom stereocenters. The maximum absolute atomic E-state index is 11.8. The number of carbonyl (C=O) groups excluding carboxylic acids is 1. The van der Waals surface area contributed by atoms with E-state index < -0.39 is 0 Å². The Morgan fingerprint density at radius 1 is 1.32 bits per heavy atom. The van der Waals surface area contributed by atoms with Gasteiger partial charge < -0.3 is 0 Å². The molecular formula is C16H18N2O. The molecule has 0 N–H and O–H groups in total. The van der Waals surface area contributed by atoms with Gasteiger partial charge in [0.1, 0.15) is 0 Å². The van der Waals surface area contributed by atoms with E-state index in [0.717, 1.165) is 24.1 Å². The van der Waals surface area contributed by atoms with Crippen molar-refractivity contribution in [3.63, 3.8) is 0 Å². The first-order chi connectivity index (χ1) is 9.22. The van der Waals surface area contributed by atoms with Gasteiger partial charge >= 0.3 is 0 Å². The normalized spacial score (nSPS) is 14.7. The Morgan fingerprint density at radius 3 is 2.84 bits per heavy atom. The first-order valence-electron chi connectivity index (χ1n) is 6.67. The highest BCUT2D eigenvalue weighted by Gasteiger charge is 2.20. The highest BCUT2D eigenvalue weighted by molar-refractivity contribution is 6.05. The maximum atomic E-state index is 11.8. The zero-order chi connectivity index (χ0) is 13.7. The van der Waals surface area contributed by atoms with Crippen LogP contribution >= 0.6 is 0 Å². The standard InChI is InChI=1S/C16H18N2O/c1-3-4-7-12-18-16(19)11-10-15(17-18)14-9-6-5-8-13(14)2/h5-6,8-9H,3-4,10-11H2,1-2H3. The van der Waals surface area contributed by atoms with Gasteiger partial charge in [0.15, 0.2) is 0 Å². The molecule has 3 heteroatoms. The van der Waals surface area contributed by atoms with Gasteiger partial charge in [-0.15, -0.1) is 0 Å². The van der Waals surface area contributed by atoms with E-state index in [0.29, 0.717) is 12.8 Å². The molecule has 1 aromatic carbocycles. The Bertz CT molecular complexity index is 564. The van der Waals surface area contributed by atoms with E-state index in [9.17, 15) is 4.79 Å². The lowest BCUT2D eigenvalue weighted by atomic mass is 10.00. The molecule has 1 amide bonds. The Balaban J connectivity index is 2.27. The Morgan fingerprint density at radius 2 is 2.11 bits per heavy atom. The van der Waals surface area contributed by atoms with E-state index in [1.807, 2.05) is 18.2 Å². The number of nitrogens with zero attached hydrogens (tertiary/aromatic N) is 2. The summed E-state index contributed by atoms with van der Waals surface area (Å²) in [6.07, 6.45) is 2.95. The van der Waals surface area contributed by atoms with Gasteiger partial charge in [-0.1, -0.05) is 37.1 Å². The largest absolute Gasteiger partial charge is 0.272 e. The van der Waals surface area contributed by atoms with E-state index >= 15 is 0 Å². The fraction of sp³-hybridized carbons (Fsp3) is 0.375. The van der Waals surface area contributed by atoms with Crippen molar-refractivity contribution in [1.29, 1.82) is 0 Å². The van der Waals surface area contributed by atoms with Crippen LogP contribution in [0.15, 0.2) is 29.4 Å². The third kappa shape index (κ3) is 3.23. The molecule has 98 valence electrons. The summed E-state index contributed by atoms with van der Waals surface area (Å²) in [6, 6.07) is 10.9. The number of hydrogen-bond donors (Lipinski definition) is 0. The molecule has 0 saturated carbocycles. The molecule has 0 radical (unpaired) electrons. The molecule has 0 aliphatic carbocycles. The first kappa shape index (κ1) is 13.4. The molecule has 2 rings (SSSR count). The fourth-order valence-electron chi connectivity index (χ4n) is 1.99. The van der Waals surface area contributed by atoms with E-state index in [1.54, 1.807) is 0 Å². The Labute approximate surface area is 114 Å². The second-order valence-corrected chi connectivity index (χ2v) is 4.61. The number of aryl methyl sites for hydroxylation is 1. The number of unbranched alkanes of at least 4 members (excludes halogenated alkanes) is 1. The average molecular weight is 254 g/mol. The van der Waals surface area contributed by atoms with Crippen molar-refractivity contribution < 1.29 is 4.79 Å². The van der Waals surface area contributed by atoms with Crippen LogP contribution in [-0.4, -0.2) is 16.6 Å². The second-order valence-electron chi connectivity index (χ2n) is 4.61. The van der Waals surface area contributed by atoms with E-state index in [1.165, 1.54) is 10.6 Å². The molecule has 3 nitrogen and oxygen atoms in total. The summed E-state index contributed by atoms with van der Waals surface area (Å²) in [7, 11) is 0. The van der Waals surface area contributed by atoms with Crippen LogP contribution in [0.1, 0.15) is 43.7 Å². The first-order valence-corrected chi connectivity index (χ1v) is 6.67. The lowest BCUT2D eigenvalue weighted by molar-refractivity contribution is -0.128. The molecule has 1 aliphatic rings. The SMILES string of the molecule is CCCC#CN1N=C(c2ccccc2C)CCC1=O. The van der Waals surface area contributed by atoms with Crippen molar-refractivity contribution >= 4 is 11.6 Å². The summed E-state index contributed by atoms with van der Waals surface area (Å²) < 4.78 is 0. The van der Waals surface area contributed by atoms with Crippen molar-refractivity contribution in [2.45, 2.75) is 39.5 Å². The Hall–Kier alpha value is -2.08. The van der Waals surface area contributed by atoms with Crippen molar-refractivity contribution in [3.05, 3.63) is 35.4 Å². The van der Waals surface area contributed by atoms with Gasteiger partial charge in [-0.05, 0) is 18.9 Å². The van der Waals surface area contributed by atoms with Gasteiger partial charge in [-0.2, -0.15) is 10.1 Å². The molecule has 0 spiro atoms. The number of rotatable bonds is 2. The predicted octanol–water partition coefficient (Wildman–Crippen LogP) is 3.08. The summed E-state index contributed by atoms with van der Waals surface area (Å²) >= 11 is 0. The third-order valence-electron chi connectivity index (χ3n) is 3.05. The highest BCUT2D eigenvalue weighted by Crippen LogP contribution is 2.17. The lowest BCUT2D eigenvalue weighted by Gasteiger charge is -2.19. The monoisotopic (exact) mass is 254 g/mol. The van der Waals surface area contributed by atoms with Crippen molar-refractivity contribution in [2.75, 3.05) is 0 Å². The molecule has 1 aliphatic heterocycles. The summed E-state index contributed by atoms with van der Waals surface area (Å²) in [5.74, 6) is 2.96. The quantitative estimate of drug-likeness (QED) is 0.746. The zero-order valence-electron chi connectivity index (χ0n) is 11.4. The fourth-order valence-corrected chi connectivity index (χ4v) is 1.99. The summed E-state index contributed by atoms with van der Waals surface area (Å²) in [6.45, 7) is 4.12. The van der Waals surface area contributed by atoms with Crippen LogP contribution in [0.5, 0.6) is 0 Å². The molecule has 19 heavy (non-hydrogen) atoms. The summed E-state index contributed by atoms with van der Waals surface area (Å²) in [5, 5.41) is 5.70. The zero-order valence-corrected chi connectivity index (χ0v) is 11.4. The molecule has 0 aromatic heterocycles. The van der Waals surface area contributed by atoms with Gasteiger partial charge in [0.2, 0.25) is 0 Å². The highest BCUT2D eigenvalue weighted by atomic mass is 16.2. The summed E-state index contributed by atoms with van der Waals surface area (Å²) in [4.78, 5) is 11.8. The number of carbonyl (C=O) groups is 1. The lowest BCUT2D eigenvalue weighted by Crippen LogP contribution is -2.28. The molecular weight excluding hydrogens is 236 g/mol. The molecule has 1 heterocycles. The van der Waals surface area contributed by atoms with E-state index in [-0.39, 0.29) is 5.91 Å². The maximum Gasteiger partial charge on any atom is 0.255 e. The minimum Gasteiger partial charge on any atom is -0.272 e. The molecule has 0 bridgehead atoms. The van der Waals surface area contributed by atoms with Crippen molar-refractivity contribution in [1.82, 2.24) is 5.01 Å². The van der Waals surface area contributed by atoms with Gasteiger partial charge in [0, 0.05) is 30.9 Å².